The van der Waals surface area contributed by atoms with Crippen LogP contribution in [0.1, 0.15) is 0 Å². The first-order chi connectivity index (χ1) is 6.61. The molecule has 0 amide bonds. The first kappa shape index (κ1) is 13.2. The summed E-state index contributed by atoms with van der Waals surface area (Å²) in [5.41, 5.74) is 15.4. The largest absolute Gasteiger partial charge is 0.394 e. The van der Waals surface area contributed by atoms with Gasteiger partial charge in [0.25, 0.3) is 0 Å². The number of nitrogen functional groups attached to an aromatic ring is 3. The van der Waals surface area contributed by atoms with Gasteiger partial charge >= 0.3 is 10.4 Å². The van der Waals surface area contributed by atoms with Crippen molar-refractivity contribution in [3.63, 3.8) is 0 Å². The maximum absolute atomic E-state index is 10.8. The minimum Gasteiger partial charge on any atom is -0.393 e. The molecule has 0 bridgehead atoms. The van der Waals surface area contributed by atoms with E-state index in [9.17, 15) is 4.79 Å². The molecule has 0 atom stereocenters. The van der Waals surface area contributed by atoms with E-state index in [1.165, 1.54) is 6.07 Å². The quantitative estimate of drug-likeness (QED) is 0.293. The van der Waals surface area contributed by atoms with Crippen molar-refractivity contribution in [2.45, 2.75) is 0 Å². The van der Waals surface area contributed by atoms with Crippen LogP contribution in [0.25, 0.3) is 0 Å². The molecule has 1 aromatic rings. The van der Waals surface area contributed by atoms with Crippen LogP contribution in [0.2, 0.25) is 0 Å². The van der Waals surface area contributed by atoms with Crippen molar-refractivity contribution in [1.82, 2.24) is 4.98 Å². The summed E-state index contributed by atoms with van der Waals surface area (Å²) in [5.74, 6) is 0.335. The standard InChI is InChI=1S/C5H8N4O.H2O4S/c6-3-1-2(10)4(7)5(8)9-3;1-5(2,3)4/h1H,7H2,(H5,6,8,9,10);(H2,1,2,3,4). The molecule has 9 N–H and O–H groups in total. The predicted octanol–water partition coefficient (Wildman–Crippen LogP) is -1.53. The lowest BCUT2D eigenvalue weighted by Crippen LogP contribution is -2.13. The number of aromatic nitrogens is 1. The third-order valence-corrected chi connectivity index (χ3v) is 1.12. The van der Waals surface area contributed by atoms with Crippen molar-refractivity contribution >= 4 is 27.7 Å². The number of anilines is 3. The van der Waals surface area contributed by atoms with E-state index in [1.807, 2.05) is 0 Å². The van der Waals surface area contributed by atoms with Crippen molar-refractivity contribution in [1.29, 1.82) is 0 Å². The van der Waals surface area contributed by atoms with Crippen molar-refractivity contribution in [2.75, 3.05) is 17.2 Å². The van der Waals surface area contributed by atoms with Gasteiger partial charge in [0.05, 0.1) is 0 Å². The van der Waals surface area contributed by atoms with Crippen molar-refractivity contribution in [3.05, 3.63) is 16.3 Å². The third kappa shape index (κ3) is 6.31. The molecule has 86 valence electrons. The Kier molecular flexibility index (Phi) is 4.08. The Hall–Kier alpha value is -1.78. The summed E-state index contributed by atoms with van der Waals surface area (Å²) in [4.78, 5) is 13.3. The summed E-state index contributed by atoms with van der Waals surface area (Å²) in [6.07, 6.45) is 0. The molecule has 15 heavy (non-hydrogen) atoms. The van der Waals surface area contributed by atoms with Gasteiger partial charge in [-0.1, -0.05) is 0 Å². The molecule has 1 rings (SSSR count). The fourth-order valence-electron chi connectivity index (χ4n) is 0.611. The molecule has 0 fully saturated rings. The van der Waals surface area contributed by atoms with Crippen LogP contribution in [0.4, 0.5) is 17.3 Å². The van der Waals surface area contributed by atoms with E-state index >= 15 is 0 Å². The van der Waals surface area contributed by atoms with Gasteiger partial charge in [-0.25, -0.2) is 0 Å². The highest BCUT2D eigenvalue weighted by atomic mass is 32.3. The van der Waals surface area contributed by atoms with Crippen molar-refractivity contribution in [2.24, 2.45) is 0 Å². The second-order valence-corrected chi connectivity index (χ2v) is 3.26. The number of hydrogen-bond acceptors (Lipinski definition) is 6. The highest BCUT2D eigenvalue weighted by Crippen LogP contribution is 2.05. The molecule has 1 heterocycles. The van der Waals surface area contributed by atoms with E-state index in [0.717, 1.165) is 0 Å². The molecule has 0 spiro atoms. The fourth-order valence-corrected chi connectivity index (χ4v) is 0.611. The molecule has 10 heteroatoms. The van der Waals surface area contributed by atoms with Gasteiger partial charge in [-0.05, 0) is 0 Å². The summed E-state index contributed by atoms with van der Waals surface area (Å²) >= 11 is 0. The molecule has 0 unspecified atom stereocenters. The van der Waals surface area contributed by atoms with Crippen LogP contribution >= 0.6 is 0 Å². The van der Waals surface area contributed by atoms with Gasteiger partial charge in [0.15, 0.2) is 0 Å². The second kappa shape index (κ2) is 4.63. The lowest BCUT2D eigenvalue weighted by molar-refractivity contribution is 0.381. The SMILES string of the molecule is Nc1cc(=O)c(N)c(N)[nH]1.O=S(=O)(O)O. The Bertz CT molecular complexity index is 485. The molecule has 0 aliphatic rings. The van der Waals surface area contributed by atoms with Crippen LogP contribution in [0.15, 0.2) is 10.9 Å². The predicted molar refractivity (Wildman–Crippen MR) is 54.5 cm³/mol. The number of nitrogens with two attached hydrogens (primary N) is 3. The smallest absolute Gasteiger partial charge is 0.393 e. The van der Waals surface area contributed by atoms with E-state index < -0.39 is 10.4 Å². The molecule has 0 aromatic carbocycles. The molecular weight excluding hydrogens is 228 g/mol. The fraction of sp³-hybridized carbons (Fsp3) is 0. The van der Waals surface area contributed by atoms with E-state index in [-0.39, 0.29) is 22.8 Å². The van der Waals surface area contributed by atoms with E-state index in [1.54, 1.807) is 0 Å². The molecule has 0 saturated carbocycles. The van der Waals surface area contributed by atoms with Crippen LogP contribution < -0.4 is 22.6 Å². The first-order valence-electron chi connectivity index (χ1n) is 3.35. The molecule has 9 nitrogen and oxygen atoms in total. The number of H-pyrrole nitrogens is 1. The van der Waals surface area contributed by atoms with E-state index in [2.05, 4.69) is 4.98 Å². The van der Waals surface area contributed by atoms with Crippen LogP contribution in [0.5, 0.6) is 0 Å². The van der Waals surface area contributed by atoms with Gasteiger partial charge in [0.2, 0.25) is 5.43 Å². The third-order valence-electron chi connectivity index (χ3n) is 1.12. The summed E-state index contributed by atoms with van der Waals surface area (Å²) in [5, 5.41) is 0. The number of nitrogens with one attached hydrogen (secondary N) is 1. The number of hydrogen-bond donors (Lipinski definition) is 6. The second-order valence-electron chi connectivity index (χ2n) is 2.36. The maximum atomic E-state index is 10.8. The average Bonchev–Trinajstić information content (AvgIpc) is 1.96. The van der Waals surface area contributed by atoms with Crippen molar-refractivity contribution in [3.8, 4) is 0 Å². The van der Waals surface area contributed by atoms with Crippen molar-refractivity contribution < 1.29 is 17.5 Å². The molecule has 0 aliphatic carbocycles. The molecule has 1 aromatic heterocycles. The lowest BCUT2D eigenvalue weighted by Gasteiger charge is -1.98. The average molecular weight is 238 g/mol. The van der Waals surface area contributed by atoms with Gasteiger partial charge in [-0.15, -0.1) is 0 Å². The van der Waals surface area contributed by atoms with E-state index in [4.69, 9.17) is 34.7 Å². The monoisotopic (exact) mass is 238 g/mol. The minimum atomic E-state index is -4.67. The number of aromatic amines is 1. The summed E-state index contributed by atoms with van der Waals surface area (Å²) < 4.78 is 31.6. The molecule has 0 aliphatic heterocycles. The summed E-state index contributed by atoms with van der Waals surface area (Å²) in [6.45, 7) is 0. The Morgan fingerprint density at radius 3 is 1.93 bits per heavy atom. The minimum absolute atomic E-state index is 0.00852. The van der Waals surface area contributed by atoms with Gasteiger partial charge in [0, 0.05) is 6.07 Å². The molecule has 0 saturated heterocycles. The van der Waals surface area contributed by atoms with Crippen LogP contribution in [0.3, 0.4) is 0 Å². The van der Waals surface area contributed by atoms with Crippen LogP contribution in [0, 0.1) is 0 Å². The Labute approximate surface area is 84.5 Å². The highest BCUT2D eigenvalue weighted by molar-refractivity contribution is 7.79. The zero-order chi connectivity index (χ0) is 12.2. The zero-order valence-electron chi connectivity index (χ0n) is 7.34. The molecule has 0 radical (unpaired) electrons. The molecular formula is C5H10N4O5S. The van der Waals surface area contributed by atoms with Gasteiger partial charge < -0.3 is 22.2 Å². The van der Waals surface area contributed by atoms with Gasteiger partial charge in [-0.2, -0.15) is 8.42 Å². The Balaban J connectivity index is 0.000000336. The van der Waals surface area contributed by atoms with Crippen LogP contribution in [-0.4, -0.2) is 22.5 Å². The topological polar surface area (TPSA) is 186 Å². The first-order valence-corrected chi connectivity index (χ1v) is 4.74. The van der Waals surface area contributed by atoms with Gasteiger partial charge in [-0.3, -0.25) is 13.9 Å². The van der Waals surface area contributed by atoms with Gasteiger partial charge in [0.1, 0.15) is 17.3 Å². The lowest BCUT2D eigenvalue weighted by atomic mass is 10.4. The number of pyridine rings is 1. The normalized spacial score (nSPS) is 10.3. The Morgan fingerprint density at radius 1 is 1.20 bits per heavy atom. The number of rotatable bonds is 0. The highest BCUT2D eigenvalue weighted by Gasteiger charge is 1.98. The van der Waals surface area contributed by atoms with Crippen LogP contribution in [-0.2, 0) is 10.4 Å². The maximum Gasteiger partial charge on any atom is 0.394 e. The van der Waals surface area contributed by atoms with E-state index in [0.29, 0.717) is 0 Å². The Morgan fingerprint density at radius 2 is 1.60 bits per heavy atom. The summed E-state index contributed by atoms with van der Waals surface area (Å²) in [7, 11) is -4.67. The summed E-state index contributed by atoms with van der Waals surface area (Å²) in [6, 6.07) is 1.19. The zero-order valence-corrected chi connectivity index (χ0v) is 8.15.